The highest BCUT2D eigenvalue weighted by Gasteiger charge is 2.17. The molecule has 0 unspecified atom stereocenters. The fourth-order valence-electron chi connectivity index (χ4n) is 1.56. The summed E-state index contributed by atoms with van der Waals surface area (Å²) in [7, 11) is -3.99. The van der Waals surface area contributed by atoms with Gasteiger partial charge in [-0.05, 0) is 42.5 Å². The first kappa shape index (κ1) is 16.4. The number of benzene rings is 2. The second-order valence-electron chi connectivity index (χ2n) is 4.26. The summed E-state index contributed by atoms with van der Waals surface area (Å²) in [5.41, 5.74) is 6.20. The van der Waals surface area contributed by atoms with Gasteiger partial charge in [-0.3, -0.25) is 0 Å². The van der Waals surface area contributed by atoms with Crippen molar-refractivity contribution in [3.8, 4) is 0 Å². The summed E-state index contributed by atoms with van der Waals surface area (Å²) in [5.74, 6) is 0. The van der Waals surface area contributed by atoms with Gasteiger partial charge in [0, 0.05) is 11.4 Å². The Hall–Kier alpha value is -1.96. The van der Waals surface area contributed by atoms with E-state index in [0.29, 0.717) is 16.4 Å². The minimum Gasteiger partial charge on any atom is -0.399 e. The number of nitrogens with two attached hydrogens (primary N) is 1. The van der Waals surface area contributed by atoms with Crippen LogP contribution in [-0.4, -0.2) is 14.4 Å². The molecule has 0 spiro atoms. The lowest BCUT2D eigenvalue weighted by Gasteiger charge is -2.09. The van der Waals surface area contributed by atoms with Crippen molar-refractivity contribution in [1.29, 1.82) is 0 Å². The van der Waals surface area contributed by atoms with Gasteiger partial charge in [0.05, 0.1) is 14.9 Å². The zero-order valence-electron chi connectivity index (χ0n) is 11.0. The Kier molecular flexibility index (Phi) is 4.80. The van der Waals surface area contributed by atoms with Crippen molar-refractivity contribution in [3.05, 3.63) is 52.5 Å². The van der Waals surface area contributed by atoms with Crippen LogP contribution in [-0.2, 0) is 10.0 Å². The Labute approximate surface area is 137 Å². The number of nitrogens with one attached hydrogen (secondary N) is 2. The van der Waals surface area contributed by atoms with Crippen LogP contribution in [0.5, 0.6) is 0 Å². The van der Waals surface area contributed by atoms with Gasteiger partial charge in [0.1, 0.15) is 0 Å². The SMILES string of the molecule is Nc1ccc(S(=O)(=O)NC(=O)Nc2ccc(Cl)c(Cl)c2)cc1. The quantitative estimate of drug-likeness (QED) is 0.732. The normalized spacial score (nSPS) is 11.0. The summed E-state index contributed by atoms with van der Waals surface area (Å²) in [4.78, 5) is 11.7. The summed E-state index contributed by atoms with van der Waals surface area (Å²) in [6.45, 7) is 0. The van der Waals surface area contributed by atoms with E-state index in [1.54, 1.807) is 0 Å². The smallest absolute Gasteiger partial charge is 0.333 e. The van der Waals surface area contributed by atoms with Crippen LogP contribution in [0.4, 0.5) is 16.2 Å². The van der Waals surface area contributed by atoms with Crippen LogP contribution in [0, 0.1) is 0 Å². The van der Waals surface area contributed by atoms with Crippen molar-refractivity contribution < 1.29 is 13.2 Å². The zero-order chi connectivity index (χ0) is 16.3. The molecule has 2 aromatic carbocycles. The molecule has 0 aliphatic rings. The number of hydrogen-bond donors (Lipinski definition) is 3. The molecule has 2 rings (SSSR count). The number of hydrogen-bond acceptors (Lipinski definition) is 4. The topological polar surface area (TPSA) is 101 Å². The molecule has 0 fully saturated rings. The van der Waals surface area contributed by atoms with Crippen LogP contribution in [0.25, 0.3) is 0 Å². The fourth-order valence-corrected chi connectivity index (χ4v) is 2.76. The molecule has 116 valence electrons. The molecule has 0 atom stereocenters. The molecule has 0 aromatic heterocycles. The maximum atomic E-state index is 12.0. The highest BCUT2D eigenvalue weighted by atomic mass is 35.5. The molecule has 6 nitrogen and oxygen atoms in total. The second kappa shape index (κ2) is 6.43. The van der Waals surface area contributed by atoms with Gasteiger partial charge in [0.2, 0.25) is 0 Å². The molecule has 0 aliphatic heterocycles. The Morgan fingerprint density at radius 3 is 2.23 bits per heavy atom. The Bertz CT molecular complexity index is 808. The van der Waals surface area contributed by atoms with Crippen LogP contribution in [0.3, 0.4) is 0 Å². The molecular formula is C13H11Cl2N3O3S. The van der Waals surface area contributed by atoms with E-state index in [1.165, 1.54) is 42.5 Å². The van der Waals surface area contributed by atoms with E-state index in [0.717, 1.165) is 0 Å². The largest absolute Gasteiger partial charge is 0.399 e. The molecule has 0 saturated carbocycles. The number of carbonyl (C=O) groups is 1. The minimum atomic E-state index is -3.99. The first-order valence-electron chi connectivity index (χ1n) is 5.92. The summed E-state index contributed by atoms with van der Waals surface area (Å²) in [6, 6.07) is 8.89. The van der Waals surface area contributed by atoms with Gasteiger partial charge in [0.25, 0.3) is 10.0 Å². The lowest BCUT2D eigenvalue weighted by Crippen LogP contribution is -2.34. The van der Waals surface area contributed by atoms with Crippen LogP contribution < -0.4 is 15.8 Å². The van der Waals surface area contributed by atoms with Crippen molar-refractivity contribution in [2.45, 2.75) is 4.90 Å². The molecule has 0 radical (unpaired) electrons. The molecular weight excluding hydrogens is 349 g/mol. The lowest BCUT2D eigenvalue weighted by molar-refractivity contribution is 0.256. The van der Waals surface area contributed by atoms with Gasteiger partial charge >= 0.3 is 6.03 Å². The van der Waals surface area contributed by atoms with Gasteiger partial charge in [-0.15, -0.1) is 0 Å². The Balaban J connectivity index is 2.10. The van der Waals surface area contributed by atoms with E-state index < -0.39 is 16.1 Å². The van der Waals surface area contributed by atoms with E-state index in [1.807, 2.05) is 4.72 Å². The number of rotatable bonds is 3. The first-order valence-corrected chi connectivity index (χ1v) is 8.16. The predicted octanol–water partition coefficient (Wildman–Crippen LogP) is 3.09. The van der Waals surface area contributed by atoms with E-state index in [2.05, 4.69) is 5.32 Å². The third-order valence-corrected chi connectivity index (χ3v) is 4.68. The molecule has 22 heavy (non-hydrogen) atoms. The molecule has 0 saturated heterocycles. The second-order valence-corrected chi connectivity index (χ2v) is 6.75. The number of sulfonamides is 1. The maximum absolute atomic E-state index is 12.0. The van der Waals surface area contributed by atoms with Crippen molar-refractivity contribution in [2.75, 3.05) is 11.1 Å². The Morgan fingerprint density at radius 2 is 1.64 bits per heavy atom. The highest BCUT2D eigenvalue weighted by molar-refractivity contribution is 7.90. The van der Waals surface area contributed by atoms with Crippen LogP contribution in [0.15, 0.2) is 47.4 Å². The van der Waals surface area contributed by atoms with Crippen molar-refractivity contribution >= 4 is 50.6 Å². The number of anilines is 2. The number of nitrogen functional groups attached to an aromatic ring is 1. The molecule has 0 heterocycles. The number of amides is 2. The summed E-state index contributed by atoms with van der Waals surface area (Å²) in [5, 5.41) is 2.91. The highest BCUT2D eigenvalue weighted by Crippen LogP contribution is 2.25. The zero-order valence-corrected chi connectivity index (χ0v) is 13.3. The van der Waals surface area contributed by atoms with E-state index in [-0.39, 0.29) is 9.92 Å². The van der Waals surface area contributed by atoms with E-state index >= 15 is 0 Å². The van der Waals surface area contributed by atoms with Crippen LogP contribution in [0.1, 0.15) is 0 Å². The fraction of sp³-hybridized carbons (Fsp3) is 0. The van der Waals surface area contributed by atoms with Gasteiger partial charge in [-0.2, -0.15) is 0 Å². The molecule has 0 aliphatic carbocycles. The third kappa shape index (κ3) is 4.03. The van der Waals surface area contributed by atoms with E-state index in [4.69, 9.17) is 28.9 Å². The first-order chi connectivity index (χ1) is 10.3. The molecule has 4 N–H and O–H groups in total. The van der Waals surface area contributed by atoms with Crippen molar-refractivity contribution in [2.24, 2.45) is 0 Å². The van der Waals surface area contributed by atoms with Gasteiger partial charge < -0.3 is 11.1 Å². The monoisotopic (exact) mass is 359 g/mol. The standard InChI is InChI=1S/C13H11Cl2N3O3S/c14-11-6-3-9(7-12(11)15)17-13(19)18-22(20,21)10-4-1-8(16)2-5-10/h1-7H,16H2,(H2,17,18,19). The minimum absolute atomic E-state index is 0.0778. The molecule has 2 aromatic rings. The van der Waals surface area contributed by atoms with Gasteiger partial charge in [0.15, 0.2) is 0 Å². The Morgan fingerprint density at radius 1 is 1.00 bits per heavy atom. The van der Waals surface area contributed by atoms with Crippen molar-refractivity contribution in [1.82, 2.24) is 4.72 Å². The molecule has 0 bridgehead atoms. The van der Waals surface area contributed by atoms with Gasteiger partial charge in [-0.1, -0.05) is 23.2 Å². The van der Waals surface area contributed by atoms with Crippen LogP contribution >= 0.6 is 23.2 Å². The number of urea groups is 1. The summed E-state index contributed by atoms with van der Waals surface area (Å²) < 4.78 is 25.9. The third-order valence-electron chi connectivity index (χ3n) is 2.59. The lowest BCUT2D eigenvalue weighted by atomic mass is 10.3. The summed E-state index contributed by atoms with van der Waals surface area (Å²) >= 11 is 11.6. The number of halogens is 2. The van der Waals surface area contributed by atoms with Crippen LogP contribution in [0.2, 0.25) is 10.0 Å². The predicted molar refractivity (Wildman–Crippen MR) is 86.7 cm³/mol. The molecule has 2 amide bonds. The average Bonchev–Trinajstić information content (AvgIpc) is 2.42. The van der Waals surface area contributed by atoms with Crippen molar-refractivity contribution in [3.63, 3.8) is 0 Å². The van der Waals surface area contributed by atoms with E-state index in [9.17, 15) is 13.2 Å². The maximum Gasteiger partial charge on any atom is 0.333 e. The molecule has 9 heteroatoms. The summed E-state index contributed by atoms with van der Waals surface area (Å²) in [6.07, 6.45) is 0. The average molecular weight is 360 g/mol. The number of carbonyl (C=O) groups excluding carboxylic acids is 1. The van der Waals surface area contributed by atoms with Gasteiger partial charge in [-0.25, -0.2) is 17.9 Å².